The lowest BCUT2D eigenvalue weighted by Gasteiger charge is -2.22. The van der Waals surface area contributed by atoms with Crippen LogP contribution in [0.25, 0.3) is 0 Å². The van der Waals surface area contributed by atoms with Crippen LogP contribution in [0.4, 0.5) is 5.00 Å². The molecule has 0 bridgehead atoms. The third-order valence-electron chi connectivity index (χ3n) is 2.83. The summed E-state index contributed by atoms with van der Waals surface area (Å²) in [6.07, 6.45) is 0. The molecule has 1 aromatic rings. The third-order valence-corrected chi connectivity index (χ3v) is 3.79. The van der Waals surface area contributed by atoms with E-state index in [-0.39, 0.29) is 11.9 Å². The molecule has 0 aromatic carbocycles. The van der Waals surface area contributed by atoms with Crippen LogP contribution < -0.4 is 10.6 Å². The van der Waals surface area contributed by atoms with Crippen molar-refractivity contribution >= 4 is 28.2 Å². The highest BCUT2D eigenvalue weighted by Gasteiger charge is 2.24. The van der Waals surface area contributed by atoms with Crippen molar-refractivity contribution in [2.45, 2.75) is 19.9 Å². The average Bonchev–Trinajstić information content (AvgIpc) is 2.81. The summed E-state index contributed by atoms with van der Waals surface area (Å²) in [5, 5.41) is 6.37. The van der Waals surface area contributed by atoms with Crippen LogP contribution in [0, 0.1) is 6.92 Å². The van der Waals surface area contributed by atoms with Crippen LogP contribution in [0.2, 0.25) is 0 Å². The van der Waals surface area contributed by atoms with Gasteiger partial charge >= 0.3 is 5.97 Å². The van der Waals surface area contributed by atoms with Gasteiger partial charge in [0.15, 0.2) is 0 Å². The molecule has 0 saturated carbocycles. The van der Waals surface area contributed by atoms with Gasteiger partial charge in [-0.15, -0.1) is 11.3 Å². The number of nitrogens with one attached hydrogen (secondary N) is 2. The molecule has 110 valence electrons. The van der Waals surface area contributed by atoms with Crippen LogP contribution >= 0.6 is 11.3 Å². The van der Waals surface area contributed by atoms with E-state index in [1.54, 1.807) is 13.0 Å². The molecule has 1 aliphatic rings. The topological polar surface area (TPSA) is 76.7 Å². The minimum absolute atomic E-state index is 0.197. The van der Waals surface area contributed by atoms with Crippen molar-refractivity contribution in [2.75, 3.05) is 31.7 Å². The summed E-state index contributed by atoms with van der Waals surface area (Å²) in [4.78, 5) is 24.9. The summed E-state index contributed by atoms with van der Waals surface area (Å²) < 4.78 is 10.2. The fourth-order valence-electron chi connectivity index (χ4n) is 1.90. The highest BCUT2D eigenvalue weighted by Crippen LogP contribution is 2.28. The zero-order valence-electron chi connectivity index (χ0n) is 11.5. The van der Waals surface area contributed by atoms with Crippen molar-refractivity contribution in [1.29, 1.82) is 0 Å². The van der Waals surface area contributed by atoms with Crippen LogP contribution in [0.15, 0.2) is 6.07 Å². The first-order valence-electron chi connectivity index (χ1n) is 6.51. The highest BCUT2D eigenvalue weighted by molar-refractivity contribution is 7.16. The van der Waals surface area contributed by atoms with Crippen molar-refractivity contribution in [3.63, 3.8) is 0 Å². The SMILES string of the molecule is CCOC(=O)c1cc(C)sc1NC(=O)C1COCCN1. The molecule has 1 amide bonds. The number of carbonyl (C=O) groups excluding carboxylic acids is 2. The van der Waals surface area contributed by atoms with Gasteiger partial charge in [0.2, 0.25) is 5.91 Å². The Balaban J connectivity index is 2.08. The second-order valence-corrected chi connectivity index (χ2v) is 5.65. The molecule has 1 atom stereocenters. The van der Waals surface area contributed by atoms with Crippen molar-refractivity contribution in [2.24, 2.45) is 0 Å². The van der Waals surface area contributed by atoms with E-state index in [4.69, 9.17) is 9.47 Å². The maximum absolute atomic E-state index is 12.1. The molecule has 0 aliphatic carbocycles. The smallest absolute Gasteiger partial charge is 0.341 e. The Hall–Kier alpha value is -1.44. The highest BCUT2D eigenvalue weighted by atomic mass is 32.1. The molecule has 20 heavy (non-hydrogen) atoms. The van der Waals surface area contributed by atoms with Crippen LogP contribution in [0.1, 0.15) is 22.2 Å². The number of hydrogen-bond donors (Lipinski definition) is 2. The van der Waals surface area contributed by atoms with Gasteiger partial charge in [0.25, 0.3) is 0 Å². The quantitative estimate of drug-likeness (QED) is 0.816. The Kier molecular flexibility index (Phi) is 5.11. The molecule has 7 heteroatoms. The number of carbonyl (C=O) groups is 2. The van der Waals surface area contributed by atoms with Gasteiger partial charge in [0.1, 0.15) is 11.0 Å². The first-order chi connectivity index (χ1) is 9.61. The summed E-state index contributed by atoms with van der Waals surface area (Å²) in [5.41, 5.74) is 0.402. The summed E-state index contributed by atoms with van der Waals surface area (Å²) in [5.74, 6) is -0.614. The molecule has 1 aliphatic heterocycles. The molecular weight excluding hydrogens is 280 g/mol. The lowest BCUT2D eigenvalue weighted by atomic mass is 10.2. The fourth-order valence-corrected chi connectivity index (χ4v) is 2.80. The van der Waals surface area contributed by atoms with Crippen LogP contribution in [-0.2, 0) is 14.3 Å². The second-order valence-electron chi connectivity index (χ2n) is 4.39. The zero-order valence-corrected chi connectivity index (χ0v) is 12.3. The van der Waals surface area contributed by atoms with E-state index in [1.165, 1.54) is 11.3 Å². The van der Waals surface area contributed by atoms with E-state index in [9.17, 15) is 9.59 Å². The molecule has 1 fully saturated rings. The molecule has 1 unspecified atom stereocenters. The van der Waals surface area contributed by atoms with E-state index in [1.807, 2.05) is 6.92 Å². The molecule has 6 nitrogen and oxygen atoms in total. The number of anilines is 1. The maximum Gasteiger partial charge on any atom is 0.341 e. The molecule has 2 heterocycles. The zero-order chi connectivity index (χ0) is 14.5. The van der Waals surface area contributed by atoms with Crippen LogP contribution in [0.3, 0.4) is 0 Å². The van der Waals surface area contributed by atoms with Gasteiger partial charge in [-0.3, -0.25) is 4.79 Å². The third kappa shape index (κ3) is 3.56. The van der Waals surface area contributed by atoms with E-state index in [2.05, 4.69) is 10.6 Å². The van der Waals surface area contributed by atoms with Gasteiger partial charge < -0.3 is 20.1 Å². The number of morpholine rings is 1. The van der Waals surface area contributed by atoms with Crippen molar-refractivity contribution < 1.29 is 19.1 Å². The van der Waals surface area contributed by atoms with Gasteiger partial charge in [-0.25, -0.2) is 4.79 Å². The monoisotopic (exact) mass is 298 g/mol. The first-order valence-corrected chi connectivity index (χ1v) is 7.33. The number of ether oxygens (including phenoxy) is 2. The Morgan fingerprint density at radius 1 is 1.60 bits per heavy atom. The predicted molar refractivity (Wildman–Crippen MR) is 76.3 cm³/mol. The van der Waals surface area contributed by atoms with Gasteiger partial charge in [0, 0.05) is 11.4 Å². The number of amides is 1. The van der Waals surface area contributed by atoms with Gasteiger partial charge in [-0.2, -0.15) is 0 Å². The minimum Gasteiger partial charge on any atom is -0.462 e. The summed E-state index contributed by atoms with van der Waals surface area (Å²) in [6.45, 7) is 5.52. The molecular formula is C13H18N2O4S. The van der Waals surface area contributed by atoms with Gasteiger partial charge in [-0.05, 0) is 19.9 Å². The number of aryl methyl sites for hydroxylation is 1. The number of thiophene rings is 1. The van der Waals surface area contributed by atoms with Crippen LogP contribution in [-0.4, -0.2) is 44.3 Å². The lowest BCUT2D eigenvalue weighted by molar-refractivity contribution is -0.120. The average molecular weight is 298 g/mol. The number of hydrogen-bond acceptors (Lipinski definition) is 6. The molecule has 0 spiro atoms. The summed E-state index contributed by atoms with van der Waals surface area (Å²) in [6, 6.07) is 1.34. The molecule has 1 aromatic heterocycles. The van der Waals surface area contributed by atoms with E-state index < -0.39 is 5.97 Å². The number of esters is 1. The van der Waals surface area contributed by atoms with E-state index >= 15 is 0 Å². The Morgan fingerprint density at radius 2 is 2.40 bits per heavy atom. The molecule has 2 N–H and O–H groups in total. The maximum atomic E-state index is 12.1. The lowest BCUT2D eigenvalue weighted by Crippen LogP contribution is -2.48. The van der Waals surface area contributed by atoms with Crippen molar-refractivity contribution in [1.82, 2.24) is 5.32 Å². The molecule has 2 rings (SSSR count). The Morgan fingerprint density at radius 3 is 3.05 bits per heavy atom. The minimum atomic E-state index is -0.417. The second kappa shape index (κ2) is 6.83. The van der Waals surface area contributed by atoms with Crippen LogP contribution in [0.5, 0.6) is 0 Å². The standard InChI is InChI=1S/C13H18N2O4S/c1-3-19-13(17)9-6-8(2)20-12(9)15-11(16)10-7-18-5-4-14-10/h6,10,14H,3-5,7H2,1-2H3,(H,15,16). The predicted octanol–water partition coefficient (Wildman–Crippen LogP) is 1.16. The normalized spacial score (nSPS) is 18.6. The molecule has 0 radical (unpaired) electrons. The van der Waals surface area contributed by atoms with Gasteiger partial charge in [-0.1, -0.05) is 0 Å². The summed E-state index contributed by atoms with van der Waals surface area (Å²) in [7, 11) is 0. The van der Waals surface area contributed by atoms with Crippen molar-refractivity contribution in [3.05, 3.63) is 16.5 Å². The van der Waals surface area contributed by atoms with E-state index in [0.717, 1.165) is 4.88 Å². The Bertz CT molecular complexity index is 495. The summed E-state index contributed by atoms with van der Waals surface area (Å²) >= 11 is 1.36. The first kappa shape index (κ1) is 15.0. The van der Waals surface area contributed by atoms with E-state index in [0.29, 0.717) is 36.9 Å². The molecule has 1 saturated heterocycles. The number of rotatable bonds is 4. The Labute approximate surface area is 121 Å². The van der Waals surface area contributed by atoms with Crippen molar-refractivity contribution in [3.8, 4) is 0 Å². The fraction of sp³-hybridized carbons (Fsp3) is 0.538. The largest absolute Gasteiger partial charge is 0.462 e. The van der Waals surface area contributed by atoms with Gasteiger partial charge in [0.05, 0.1) is 25.4 Å².